The number of ketones is 1. The van der Waals surface area contributed by atoms with Crippen molar-refractivity contribution >= 4 is 23.0 Å². The van der Waals surface area contributed by atoms with Crippen LogP contribution in [0, 0.1) is 0 Å². The van der Waals surface area contributed by atoms with Crippen LogP contribution in [-0.2, 0) is 0 Å². The summed E-state index contributed by atoms with van der Waals surface area (Å²) in [4.78, 5) is 27.2. The highest BCUT2D eigenvalue weighted by atomic mass is 32.1. The summed E-state index contributed by atoms with van der Waals surface area (Å²) in [5.74, 6) is 0.723. The molecule has 2 aromatic heterocycles. The van der Waals surface area contributed by atoms with Gasteiger partial charge in [-0.15, -0.1) is 11.3 Å². The smallest absolute Gasteiger partial charge is 0.261 e. The van der Waals surface area contributed by atoms with Crippen molar-refractivity contribution in [2.24, 2.45) is 0 Å². The van der Waals surface area contributed by atoms with Crippen molar-refractivity contribution in [2.75, 3.05) is 19.6 Å². The fourth-order valence-electron chi connectivity index (χ4n) is 2.87. The number of likely N-dealkylation sites (tertiary alicyclic amines) is 1. The van der Waals surface area contributed by atoms with Gasteiger partial charge in [-0.3, -0.25) is 14.5 Å². The van der Waals surface area contributed by atoms with Gasteiger partial charge in [-0.25, -0.2) is 0 Å². The van der Waals surface area contributed by atoms with E-state index in [4.69, 9.17) is 4.42 Å². The predicted octanol–water partition coefficient (Wildman–Crippen LogP) is 3.11. The van der Waals surface area contributed by atoms with Gasteiger partial charge >= 0.3 is 0 Å². The third-order valence-electron chi connectivity index (χ3n) is 4.09. The summed E-state index contributed by atoms with van der Waals surface area (Å²) in [5.41, 5.74) is 0. The van der Waals surface area contributed by atoms with E-state index in [0.29, 0.717) is 16.3 Å². The quantitative estimate of drug-likeness (QED) is 0.826. The monoisotopic (exact) mass is 332 g/mol. The third kappa shape index (κ3) is 3.71. The van der Waals surface area contributed by atoms with Crippen LogP contribution in [0.4, 0.5) is 0 Å². The van der Waals surface area contributed by atoms with Gasteiger partial charge in [0.1, 0.15) is 5.76 Å². The number of rotatable bonds is 6. The lowest BCUT2D eigenvalue weighted by molar-refractivity contribution is 0.0937. The van der Waals surface area contributed by atoms with Crippen LogP contribution in [0.2, 0.25) is 0 Å². The van der Waals surface area contributed by atoms with E-state index in [-0.39, 0.29) is 17.7 Å². The van der Waals surface area contributed by atoms with Gasteiger partial charge in [0.2, 0.25) is 0 Å². The summed E-state index contributed by atoms with van der Waals surface area (Å²) in [7, 11) is 0. The molecule has 0 radical (unpaired) electrons. The highest BCUT2D eigenvalue weighted by molar-refractivity contribution is 7.15. The highest BCUT2D eigenvalue weighted by Gasteiger charge is 2.26. The van der Waals surface area contributed by atoms with Crippen molar-refractivity contribution in [3.05, 3.63) is 46.0 Å². The maximum Gasteiger partial charge on any atom is 0.261 e. The second kappa shape index (κ2) is 7.10. The van der Waals surface area contributed by atoms with Crippen LogP contribution in [0.3, 0.4) is 0 Å². The molecular weight excluding hydrogens is 312 g/mol. The van der Waals surface area contributed by atoms with E-state index in [1.807, 2.05) is 12.1 Å². The molecule has 5 nitrogen and oxygen atoms in total. The van der Waals surface area contributed by atoms with Crippen LogP contribution >= 0.6 is 11.3 Å². The normalized spacial score (nSPS) is 16.4. The number of nitrogens with zero attached hydrogens (tertiary/aromatic N) is 1. The van der Waals surface area contributed by atoms with Gasteiger partial charge in [-0.2, -0.15) is 0 Å². The molecule has 122 valence electrons. The fourth-order valence-corrected chi connectivity index (χ4v) is 3.69. The molecule has 1 amide bonds. The first-order chi connectivity index (χ1) is 11.1. The summed E-state index contributed by atoms with van der Waals surface area (Å²) in [6, 6.07) is 7.29. The molecule has 1 aliphatic rings. The van der Waals surface area contributed by atoms with Crippen LogP contribution in [0.25, 0.3) is 0 Å². The Labute approximate surface area is 139 Å². The van der Waals surface area contributed by atoms with E-state index in [2.05, 4.69) is 10.2 Å². The molecule has 2 aromatic rings. The first kappa shape index (κ1) is 16.0. The molecule has 3 heterocycles. The van der Waals surface area contributed by atoms with Crippen LogP contribution < -0.4 is 5.32 Å². The van der Waals surface area contributed by atoms with Crippen molar-refractivity contribution in [2.45, 2.75) is 25.8 Å². The average Bonchev–Trinajstić information content (AvgIpc) is 3.29. The van der Waals surface area contributed by atoms with Gasteiger partial charge in [0, 0.05) is 6.54 Å². The fraction of sp³-hybridized carbons (Fsp3) is 0.412. The van der Waals surface area contributed by atoms with E-state index < -0.39 is 0 Å². The van der Waals surface area contributed by atoms with Gasteiger partial charge in [0.15, 0.2) is 5.78 Å². The minimum Gasteiger partial charge on any atom is -0.468 e. The lowest BCUT2D eigenvalue weighted by Crippen LogP contribution is -2.36. The number of thiophene rings is 1. The molecule has 0 bridgehead atoms. The first-order valence-electron chi connectivity index (χ1n) is 7.81. The van der Waals surface area contributed by atoms with E-state index in [0.717, 1.165) is 18.8 Å². The maximum absolute atomic E-state index is 12.3. The Hall–Kier alpha value is -1.92. The number of furan rings is 1. The molecule has 6 heteroatoms. The molecule has 23 heavy (non-hydrogen) atoms. The van der Waals surface area contributed by atoms with Crippen LogP contribution in [0.15, 0.2) is 34.9 Å². The summed E-state index contributed by atoms with van der Waals surface area (Å²) in [5, 5.41) is 2.97. The Balaban J connectivity index is 1.65. The molecule has 0 unspecified atom stereocenters. The minimum atomic E-state index is -0.141. The zero-order chi connectivity index (χ0) is 16.2. The summed E-state index contributed by atoms with van der Waals surface area (Å²) >= 11 is 1.23. The summed E-state index contributed by atoms with van der Waals surface area (Å²) < 4.78 is 5.55. The lowest BCUT2D eigenvalue weighted by atomic mass is 10.2. The van der Waals surface area contributed by atoms with Gasteiger partial charge in [0.05, 0.1) is 22.1 Å². The molecule has 1 fully saturated rings. The first-order valence-corrected chi connectivity index (χ1v) is 8.63. The molecular formula is C17H20N2O3S. The SMILES string of the molecule is CC(=O)c1ccc(C(=O)NC[C@@H](c2ccco2)N2CCCC2)s1. The second-order valence-electron chi connectivity index (χ2n) is 5.70. The van der Waals surface area contributed by atoms with Crippen molar-refractivity contribution in [3.8, 4) is 0 Å². The molecule has 0 saturated carbocycles. The van der Waals surface area contributed by atoms with Crippen molar-refractivity contribution in [1.29, 1.82) is 0 Å². The number of hydrogen-bond donors (Lipinski definition) is 1. The predicted molar refractivity (Wildman–Crippen MR) is 88.9 cm³/mol. The average molecular weight is 332 g/mol. The number of carbonyl (C=O) groups is 2. The zero-order valence-electron chi connectivity index (χ0n) is 13.1. The number of Topliss-reactive ketones (excluding diaryl/α,β-unsaturated/α-hetero) is 1. The van der Waals surface area contributed by atoms with Crippen LogP contribution in [0.1, 0.15) is 50.9 Å². The van der Waals surface area contributed by atoms with Crippen molar-refractivity contribution < 1.29 is 14.0 Å². The topological polar surface area (TPSA) is 62.6 Å². The van der Waals surface area contributed by atoms with Gasteiger partial charge in [-0.1, -0.05) is 0 Å². The van der Waals surface area contributed by atoms with E-state index in [1.54, 1.807) is 18.4 Å². The number of hydrogen-bond acceptors (Lipinski definition) is 5. The minimum absolute atomic E-state index is 0.0143. The van der Waals surface area contributed by atoms with E-state index >= 15 is 0 Å². The molecule has 1 saturated heterocycles. The largest absolute Gasteiger partial charge is 0.468 e. The van der Waals surface area contributed by atoms with E-state index in [1.165, 1.54) is 31.1 Å². The van der Waals surface area contributed by atoms with Gasteiger partial charge in [-0.05, 0) is 57.1 Å². The Kier molecular flexibility index (Phi) is 4.93. The molecule has 0 aliphatic carbocycles. The molecule has 0 spiro atoms. The Bertz CT molecular complexity index is 672. The Morgan fingerprint density at radius 1 is 1.26 bits per heavy atom. The molecule has 1 N–H and O–H groups in total. The van der Waals surface area contributed by atoms with E-state index in [9.17, 15) is 9.59 Å². The maximum atomic E-state index is 12.3. The molecule has 1 aliphatic heterocycles. The number of nitrogens with one attached hydrogen (secondary N) is 1. The van der Waals surface area contributed by atoms with Crippen LogP contribution in [-0.4, -0.2) is 36.2 Å². The lowest BCUT2D eigenvalue weighted by Gasteiger charge is -2.25. The molecule has 1 atom stereocenters. The summed E-state index contributed by atoms with van der Waals surface area (Å²) in [6.07, 6.45) is 4.02. The van der Waals surface area contributed by atoms with Crippen molar-refractivity contribution in [1.82, 2.24) is 10.2 Å². The molecule has 0 aromatic carbocycles. The zero-order valence-corrected chi connectivity index (χ0v) is 13.9. The van der Waals surface area contributed by atoms with Gasteiger partial charge < -0.3 is 9.73 Å². The second-order valence-corrected chi connectivity index (χ2v) is 6.79. The standard InChI is InChI=1S/C17H20N2O3S/c1-12(20)15-6-7-16(23-15)17(21)18-11-13(14-5-4-10-22-14)19-8-2-3-9-19/h4-7,10,13H,2-3,8-9,11H2,1H3,(H,18,21)/t13-/m0/s1. The van der Waals surface area contributed by atoms with Crippen LogP contribution in [0.5, 0.6) is 0 Å². The highest BCUT2D eigenvalue weighted by Crippen LogP contribution is 2.25. The number of carbonyl (C=O) groups excluding carboxylic acids is 2. The Morgan fingerprint density at radius 3 is 2.61 bits per heavy atom. The Morgan fingerprint density at radius 2 is 2.00 bits per heavy atom. The number of amides is 1. The van der Waals surface area contributed by atoms with Gasteiger partial charge in [0.25, 0.3) is 5.91 Å². The summed E-state index contributed by atoms with van der Waals surface area (Å²) in [6.45, 7) is 4.05. The third-order valence-corrected chi connectivity index (χ3v) is 5.27. The molecule has 3 rings (SSSR count). The van der Waals surface area contributed by atoms with Crippen molar-refractivity contribution in [3.63, 3.8) is 0 Å².